The van der Waals surface area contributed by atoms with Crippen molar-refractivity contribution in [3.8, 4) is 34.0 Å². The summed E-state index contributed by atoms with van der Waals surface area (Å²) in [6.07, 6.45) is 1.43. The summed E-state index contributed by atoms with van der Waals surface area (Å²) in [6.45, 7) is 0. The molecule has 9 nitrogen and oxygen atoms in total. The monoisotopic (exact) mass is 476 g/mol. The summed E-state index contributed by atoms with van der Waals surface area (Å²) in [5.74, 6) is 1.50. The third-order valence-corrected chi connectivity index (χ3v) is 6.16. The van der Waals surface area contributed by atoms with Gasteiger partial charge < -0.3 is 14.8 Å². The van der Waals surface area contributed by atoms with E-state index in [0.29, 0.717) is 52.3 Å². The van der Waals surface area contributed by atoms with Crippen molar-refractivity contribution >= 4 is 23.2 Å². The molecular weight excluding hydrogens is 456 g/mol. The number of benzene rings is 2. The zero-order chi connectivity index (χ0) is 23.7. The summed E-state index contributed by atoms with van der Waals surface area (Å²) in [5.41, 5.74) is 3.04. The van der Waals surface area contributed by atoms with Gasteiger partial charge in [-0.25, -0.2) is 4.98 Å². The minimum atomic E-state index is -0.667. The van der Waals surface area contributed by atoms with E-state index in [0.717, 1.165) is 11.1 Å². The summed E-state index contributed by atoms with van der Waals surface area (Å²) >= 11 is 6.06. The van der Waals surface area contributed by atoms with Gasteiger partial charge >= 0.3 is 0 Å². The molecule has 1 saturated carbocycles. The number of nitrogens with one attached hydrogen (secondary N) is 2. The van der Waals surface area contributed by atoms with Crippen LogP contribution in [0.5, 0.6) is 11.5 Å². The Bertz CT molecular complexity index is 1350. The maximum Gasteiger partial charge on any atom is 0.236 e. The standard InChI is InChI=1S/C24H21ClN6O3/c1-33-18-9-6-14(12-19(18)34-2)16-8-7-15(13-17(16)22-28-30-31-29-22)26-23(32)24(10-11-24)20-4-3-5-21(25)27-20/h3-9,12-13H,10-11H2,1-2H3,(H,26,32)(H,28,29,30,31). The van der Waals surface area contributed by atoms with Gasteiger partial charge in [0.15, 0.2) is 11.5 Å². The number of carbonyl (C=O) groups excluding carboxylic acids is 1. The number of tetrazole rings is 1. The minimum Gasteiger partial charge on any atom is -0.493 e. The van der Waals surface area contributed by atoms with Crippen LogP contribution >= 0.6 is 11.6 Å². The lowest BCUT2D eigenvalue weighted by atomic mass is 9.97. The number of hydrogen-bond acceptors (Lipinski definition) is 7. The lowest BCUT2D eigenvalue weighted by Gasteiger charge is -2.17. The number of aromatic amines is 1. The van der Waals surface area contributed by atoms with Gasteiger partial charge in [0.05, 0.1) is 25.3 Å². The molecule has 2 aromatic heterocycles. The molecule has 2 heterocycles. The Morgan fingerprint density at radius 3 is 2.53 bits per heavy atom. The SMILES string of the molecule is COc1ccc(-c2ccc(NC(=O)C3(c4cccc(Cl)n4)CC3)cc2-c2nn[nH]n2)cc1OC. The van der Waals surface area contributed by atoms with Gasteiger partial charge in [0.2, 0.25) is 11.7 Å². The fourth-order valence-corrected chi connectivity index (χ4v) is 4.15. The van der Waals surface area contributed by atoms with E-state index >= 15 is 0 Å². The van der Waals surface area contributed by atoms with Crippen molar-refractivity contribution in [1.29, 1.82) is 0 Å². The molecule has 1 aliphatic rings. The molecule has 0 atom stereocenters. The molecule has 0 unspecified atom stereocenters. The van der Waals surface area contributed by atoms with Crippen LogP contribution in [0.25, 0.3) is 22.5 Å². The predicted octanol–water partition coefficient (Wildman–Crippen LogP) is 4.27. The molecule has 10 heteroatoms. The first-order chi connectivity index (χ1) is 16.5. The predicted molar refractivity (Wildman–Crippen MR) is 127 cm³/mol. The van der Waals surface area contributed by atoms with Crippen LogP contribution in [-0.2, 0) is 10.2 Å². The van der Waals surface area contributed by atoms with E-state index in [-0.39, 0.29) is 5.91 Å². The number of aromatic nitrogens is 5. The first-order valence-corrected chi connectivity index (χ1v) is 11.0. The maximum absolute atomic E-state index is 13.2. The van der Waals surface area contributed by atoms with Crippen LogP contribution in [0.15, 0.2) is 54.6 Å². The zero-order valence-corrected chi connectivity index (χ0v) is 19.3. The number of nitrogens with zero attached hydrogens (tertiary/aromatic N) is 4. The van der Waals surface area contributed by atoms with Crippen molar-refractivity contribution in [2.75, 3.05) is 19.5 Å². The number of methoxy groups -OCH3 is 2. The number of rotatable bonds is 7. The summed E-state index contributed by atoms with van der Waals surface area (Å²) in [7, 11) is 3.17. The highest BCUT2D eigenvalue weighted by Gasteiger charge is 2.52. The number of pyridine rings is 1. The molecule has 1 amide bonds. The molecule has 4 aromatic rings. The van der Waals surface area contributed by atoms with Gasteiger partial charge in [-0.1, -0.05) is 29.8 Å². The molecule has 5 rings (SSSR count). The number of H-pyrrole nitrogens is 1. The molecule has 0 bridgehead atoms. The topological polar surface area (TPSA) is 115 Å². The Hall–Kier alpha value is -3.98. The summed E-state index contributed by atoms with van der Waals surface area (Å²) in [5, 5.41) is 17.9. The van der Waals surface area contributed by atoms with Crippen molar-refractivity contribution in [2.45, 2.75) is 18.3 Å². The summed E-state index contributed by atoms with van der Waals surface area (Å²) in [4.78, 5) is 17.6. The van der Waals surface area contributed by atoms with Crippen molar-refractivity contribution in [2.24, 2.45) is 0 Å². The smallest absolute Gasteiger partial charge is 0.236 e. The maximum atomic E-state index is 13.2. The Balaban J connectivity index is 1.50. The first-order valence-electron chi connectivity index (χ1n) is 10.6. The van der Waals surface area contributed by atoms with Crippen molar-refractivity contribution in [1.82, 2.24) is 25.6 Å². The highest BCUT2D eigenvalue weighted by atomic mass is 35.5. The van der Waals surface area contributed by atoms with Gasteiger partial charge in [-0.3, -0.25) is 4.79 Å². The van der Waals surface area contributed by atoms with Crippen molar-refractivity contribution in [3.05, 3.63) is 65.4 Å². The number of amides is 1. The Morgan fingerprint density at radius 1 is 1.03 bits per heavy atom. The zero-order valence-electron chi connectivity index (χ0n) is 18.5. The number of ether oxygens (including phenoxy) is 2. The Morgan fingerprint density at radius 2 is 1.85 bits per heavy atom. The van der Waals surface area contributed by atoms with Crippen LogP contribution in [0.1, 0.15) is 18.5 Å². The lowest BCUT2D eigenvalue weighted by molar-refractivity contribution is -0.118. The number of carbonyl (C=O) groups is 1. The fraction of sp³-hybridized carbons (Fsp3) is 0.208. The van der Waals surface area contributed by atoms with Gasteiger partial charge in [0.1, 0.15) is 5.15 Å². The van der Waals surface area contributed by atoms with E-state index in [4.69, 9.17) is 21.1 Å². The average Bonchev–Trinajstić information content (AvgIpc) is 3.50. The van der Waals surface area contributed by atoms with Crippen LogP contribution in [0.3, 0.4) is 0 Å². The van der Waals surface area contributed by atoms with Crippen LogP contribution in [-0.4, -0.2) is 45.7 Å². The van der Waals surface area contributed by atoms with Crippen molar-refractivity contribution in [3.63, 3.8) is 0 Å². The second-order valence-electron chi connectivity index (χ2n) is 7.95. The molecule has 1 fully saturated rings. The second kappa shape index (κ2) is 8.75. The third-order valence-electron chi connectivity index (χ3n) is 5.95. The third kappa shape index (κ3) is 3.94. The van der Waals surface area contributed by atoms with Crippen LogP contribution in [0, 0.1) is 0 Å². The van der Waals surface area contributed by atoms with Crippen LogP contribution in [0.2, 0.25) is 5.15 Å². The van der Waals surface area contributed by atoms with Gasteiger partial charge in [0, 0.05) is 11.3 Å². The highest BCUT2D eigenvalue weighted by molar-refractivity contribution is 6.29. The fourth-order valence-electron chi connectivity index (χ4n) is 3.99. The summed E-state index contributed by atoms with van der Waals surface area (Å²) in [6, 6.07) is 16.5. The van der Waals surface area contributed by atoms with Gasteiger partial charge in [0.25, 0.3) is 0 Å². The van der Waals surface area contributed by atoms with Gasteiger partial charge in [-0.15, -0.1) is 10.2 Å². The van der Waals surface area contributed by atoms with E-state index < -0.39 is 5.41 Å². The largest absolute Gasteiger partial charge is 0.493 e. The second-order valence-corrected chi connectivity index (χ2v) is 8.33. The minimum absolute atomic E-state index is 0.125. The lowest BCUT2D eigenvalue weighted by Crippen LogP contribution is -2.28. The molecule has 0 aliphatic heterocycles. The van der Waals surface area contributed by atoms with Crippen LogP contribution < -0.4 is 14.8 Å². The highest BCUT2D eigenvalue weighted by Crippen LogP contribution is 2.48. The molecule has 34 heavy (non-hydrogen) atoms. The van der Waals surface area contributed by atoms with E-state index in [1.807, 2.05) is 48.5 Å². The van der Waals surface area contributed by atoms with E-state index in [1.165, 1.54) is 0 Å². The van der Waals surface area contributed by atoms with Gasteiger partial charge in [-0.05, 0) is 65.6 Å². The molecule has 0 radical (unpaired) electrons. The van der Waals surface area contributed by atoms with E-state index in [2.05, 4.69) is 30.9 Å². The Labute approximate surface area is 200 Å². The van der Waals surface area contributed by atoms with Gasteiger partial charge in [-0.2, -0.15) is 5.21 Å². The molecule has 172 valence electrons. The first kappa shape index (κ1) is 21.8. The average molecular weight is 477 g/mol. The molecular formula is C24H21ClN6O3. The molecule has 2 aromatic carbocycles. The quantitative estimate of drug-likeness (QED) is 0.383. The normalized spacial score (nSPS) is 13.9. The Kier molecular flexibility index (Phi) is 5.62. The van der Waals surface area contributed by atoms with E-state index in [1.54, 1.807) is 20.3 Å². The number of anilines is 1. The van der Waals surface area contributed by atoms with Crippen molar-refractivity contribution < 1.29 is 14.3 Å². The number of hydrogen-bond donors (Lipinski definition) is 2. The molecule has 0 saturated heterocycles. The molecule has 1 aliphatic carbocycles. The molecule has 2 N–H and O–H groups in total. The summed E-state index contributed by atoms with van der Waals surface area (Å²) < 4.78 is 10.8. The van der Waals surface area contributed by atoms with Crippen LogP contribution in [0.4, 0.5) is 5.69 Å². The number of halogens is 1. The van der Waals surface area contributed by atoms with E-state index in [9.17, 15) is 4.79 Å². The molecule has 0 spiro atoms.